The fourth-order valence-electron chi connectivity index (χ4n) is 2.20. The normalized spacial score (nSPS) is 11.0. The van der Waals surface area contributed by atoms with Gasteiger partial charge in [0.2, 0.25) is 5.91 Å². The number of carbonyl (C=O) groups excluding carboxylic acids is 1. The summed E-state index contributed by atoms with van der Waals surface area (Å²) in [6.45, 7) is 4.23. The fraction of sp³-hybridized carbons (Fsp3) is 0.222. The van der Waals surface area contributed by atoms with E-state index in [9.17, 15) is 14.9 Å². The lowest BCUT2D eigenvalue weighted by Crippen LogP contribution is -2.20. The van der Waals surface area contributed by atoms with Gasteiger partial charge in [-0.3, -0.25) is 14.9 Å². The highest BCUT2D eigenvalue weighted by atomic mass is 16.6. The molecule has 2 aromatic rings. The van der Waals surface area contributed by atoms with Crippen LogP contribution in [0, 0.1) is 10.1 Å². The van der Waals surface area contributed by atoms with Crippen molar-refractivity contribution >= 4 is 17.8 Å². The van der Waals surface area contributed by atoms with Crippen LogP contribution in [0.3, 0.4) is 0 Å². The molecule has 0 aromatic heterocycles. The molecule has 0 aliphatic rings. The van der Waals surface area contributed by atoms with Gasteiger partial charge in [-0.05, 0) is 17.0 Å². The molecule has 0 saturated heterocycles. The zero-order valence-electron chi connectivity index (χ0n) is 13.6. The minimum absolute atomic E-state index is 0.0686. The van der Waals surface area contributed by atoms with Crippen molar-refractivity contribution in [3.05, 3.63) is 75.3 Å². The molecule has 2 rings (SSSR count). The van der Waals surface area contributed by atoms with Gasteiger partial charge < -0.3 is 0 Å². The number of hydrogen-bond donors (Lipinski definition) is 1. The number of hydrogen-bond acceptors (Lipinski definition) is 4. The summed E-state index contributed by atoms with van der Waals surface area (Å²) in [5, 5.41) is 14.8. The highest BCUT2D eigenvalue weighted by Gasteiger charge is 2.14. The quantitative estimate of drug-likeness (QED) is 0.502. The molecule has 0 aliphatic carbocycles. The molecule has 0 bridgehead atoms. The van der Waals surface area contributed by atoms with Gasteiger partial charge in [-0.2, -0.15) is 5.10 Å². The minimum Gasteiger partial charge on any atom is -0.273 e. The van der Waals surface area contributed by atoms with Gasteiger partial charge in [-0.1, -0.05) is 56.3 Å². The van der Waals surface area contributed by atoms with E-state index in [1.165, 1.54) is 11.6 Å². The van der Waals surface area contributed by atoms with Crippen molar-refractivity contribution < 1.29 is 9.72 Å². The second-order valence-corrected chi connectivity index (χ2v) is 5.68. The van der Waals surface area contributed by atoms with E-state index in [0.717, 1.165) is 5.56 Å². The maximum Gasteiger partial charge on any atom is 0.273 e. The summed E-state index contributed by atoms with van der Waals surface area (Å²) in [6, 6.07) is 14.0. The molecule has 0 spiro atoms. The number of benzene rings is 2. The average Bonchev–Trinajstić information content (AvgIpc) is 2.55. The highest BCUT2D eigenvalue weighted by Crippen LogP contribution is 2.18. The van der Waals surface area contributed by atoms with Crippen molar-refractivity contribution in [2.75, 3.05) is 0 Å². The number of nitrogens with one attached hydrogen (secondary N) is 1. The molecule has 6 heteroatoms. The van der Waals surface area contributed by atoms with Gasteiger partial charge in [0.15, 0.2) is 0 Å². The van der Waals surface area contributed by atoms with E-state index in [0.29, 0.717) is 11.5 Å². The Morgan fingerprint density at radius 1 is 1.21 bits per heavy atom. The van der Waals surface area contributed by atoms with Crippen molar-refractivity contribution in [2.24, 2.45) is 5.10 Å². The summed E-state index contributed by atoms with van der Waals surface area (Å²) in [7, 11) is 0. The summed E-state index contributed by atoms with van der Waals surface area (Å²) >= 11 is 0. The van der Waals surface area contributed by atoms with Gasteiger partial charge in [-0.25, -0.2) is 5.43 Å². The van der Waals surface area contributed by atoms with Crippen molar-refractivity contribution in [2.45, 2.75) is 26.2 Å². The van der Waals surface area contributed by atoms with E-state index in [-0.39, 0.29) is 12.1 Å². The number of rotatable bonds is 6. The Labute approximate surface area is 140 Å². The van der Waals surface area contributed by atoms with Gasteiger partial charge in [-0.15, -0.1) is 0 Å². The van der Waals surface area contributed by atoms with Crippen molar-refractivity contribution in [1.29, 1.82) is 0 Å². The predicted octanol–water partition coefficient (Wildman–Crippen LogP) is 3.41. The van der Waals surface area contributed by atoms with E-state index >= 15 is 0 Å². The Kier molecular flexibility index (Phi) is 5.78. The summed E-state index contributed by atoms with van der Waals surface area (Å²) in [4.78, 5) is 22.3. The van der Waals surface area contributed by atoms with Crippen molar-refractivity contribution in [3.63, 3.8) is 0 Å². The smallest absolute Gasteiger partial charge is 0.273 e. The molecule has 0 aliphatic heterocycles. The first-order valence-electron chi connectivity index (χ1n) is 7.61. The molecule has 6 nitrogen and oxygen atoms in total. The number of para-hydroxylation sites is 1. The third-order valence-electron chi connectivity index (χ3n) is 3.55. The zero-order chi connectivity index (χ0) is 17.5. The SMILES string of the molecule is CC(C)c1ccc(C=NNC(=O)Cc2ccccc2[N+](=O)[O-])cc1. The summed E-state index contributed by atoms with van der Waals surface area (Å²) in [5.41, 5.74) is 4.78. The largest absolute Gasteiger partial charge is 0.273 e. The van der Waals surface area contributed by atoms with Crippen LogP contribution in [0.2, 0.25) is 0 Å². The lowest BCUT2D eigenvalue weighted by Gasteiger charge is -2.04. The molecule has 1 N–H and O–H groups in total. The molecule has 1 amide bonds. The molecular weight excluding hydrogens is 306 g/mol. The Morgan fingerprint density at radius 3 is 2.50 bits per heavy atom. The van der Waals surface area contributed by atoms with Crippen LogP contribution in [0.5, 0.6) is 0 Å². The number of amides is 1. The molecule has 2 aromatic carbocycles. The van der Waals surface area contributed by atoms with E-state index in [4.69, 9.17) is 0 Å². The topological polar surface area (TPSA) is 84.6 Å². The standard InChI is InChI=1S/C18H19N3O3/c1-13(2)15-9-7-14(8-10-15)12-19-20-18(22)11-16-5-3-4-6-17(16)21(23)24/h3-10,12-13H,11H2,1-2H3,(H,20,22). The Bertz CT molecular complexity index is 752. The van der Waals surface area contributed by atoms with Crippen LogP contribution in [0.4, 0.5) is 5.69 Å². The molecule has 0 unspecified atom stereocenters. The molecule has 0 heterocycles. The van der Waals surface area contributed by atoms with Crippen LogP contribution < -0.4 is 5.43 Å². The maximum atomic E-state index is 11.9. The van der Waals surface area contributed by atoms with E-state index in [1.807, 2.05) is 24.3 Å². The van der Waals surface area contributed by atoms with Crippen molar-refractivity contribution in [1.82, 2.24) is 5.43 Å². The molecule has 0 radical (unpaired) electrons. The first kappa shape index (κ1) is 17.3. The van der Waals surface area contributed by atoms with E-state index < -0.39 is 10.8 Å². The lowest BCUT2D eigenvalue weighted by atomic mass is 10.0. The van der Waals surface area contributed by atoms with Crippen LogP contribution in [0.1, 0.15) is 36.5 Å². The molecule has 0 saturated carbocycles. The average molecular weight is 325 g/mol. The van der Waals surface area contributed by atoms with E-state index in [1.54, 1.807) is 24.4 Å². The highest BCUT2D eigenvalue weighted by molar-refractivity contribution is 5.83. The first-order chi connectivity index (χ1) is 11.5. The van der Waals surface area contributed by atoms with Crippen LogP contribution in [0.25, 0.3) is 0 Å². The molecular formula is C18H19N3O3. The second kappa shape index (κ2) is 8.01. The Balaban J connectivity index is 1.95. The van der Waals surface area contributed by atoms with Crippen molar-refractivity contribution in [3.8, 4) is 0 Å². The summed E-state index contributed by atoms with van der Waals surface area (Å²) in [5.74, 6) is 0.0525. The van der Waals surface area contributed by atoms with Gasteiger partial charge in [0.1, 0.15) is 0 Å². The van der Waals surface area contributed by atoms with Gasteiger partial charge >= 0.3 is 0 Å². The summed E-state index contributed by atoms with van der Waals surface area (Å²) in [6.07, 6.45) is 1.45. The van der Waals surface area contributed by atoms with Crippen LogP contribution in [-0.4, -0.2) is 17.0 Å². The maximum absolute atomic E-state index is 11.9. The first-order valence-corrected chi connectivity index (χ1v) is 7.61. The zero-order valence-corrected chi connectivity index (χ0v) is 13.6. The summed E-state index contributed by atoms with van der Waals surface area (Å²) < 4.78 is 0. The molecule has 0 atom stereocenters. The Morgan fingerprint density at radius 2 is 1.88 bits per heavy atom. The lowest BCUT2D eigenvalue weighted by molar-refractivity contribution is -0.385. The Hall–Kier alpha value is -3.02. The number of nitro benzene ring substituents is 1. The van der Waals surface area contributed by atoms with Gasteiger partial charge in [0, 0.05) is 11.6 Å². The fourth-order valence-corrected chi connectivity index (χ4v) is 2.20. The molecule has 124 valence electrons. The van der Waals surface area contributed by atoms with Gasteiger partial charge in [0.05, 0.1) is 17.6 Å². The number of hydrazone groups is 1. The van der Waals surface area contributed by atoms with E-state index in [2.05, 4.69) is 24.4 Å². The number of nitro groups is 1. The van der Waals surface area contributed by atoms with Gasteiger partial charge in [0.25, 0.3) is 5.69 Å². The number of nitrogens with zero attached hydrogens (tertiary/aromatic N) is 2. The van der Waals surface area contributed by atoms with Crippen LogP contribution in [-0.2, 0) is 11.2 Å². The monoisotopic (exact) mass is 325 g/mol. The minimum atomic E-state index is -0.498. The number of carbonyl (C=O) groups is 1. The molecule has 0 fully saturated rings. The molecule has 24 heavy (non-hydrogen) atoms. The third kappa shape index (κ3) is 4.74. The second-order valence-electron chi connectivity index (χ2n) is 5.68. The predicted molar refractivity (Wildman–Crippen MR) is 93.1 cm³/mol. The van der Waals surface area contributed by atoms with Crippen LogP contribution in [0.15, 0.2) is 53.6 Å². The van der Waals surface area contributed by atoms with Crippen LogP contribution >= 0.6 is 0 Å². The third-order valence-corrected chi connectivity index (χ3v) is 3.55.